The first-order valence-corrected chi connectivity index (χ1v) is 4.05. The van der Waals surface area contributed by atoms with E-state index in [0.29, 0.717) is 0 Å². The Morgan fingerprint density at radius 2 is 2.12 bits per heavy atom. The van der Waals surface area contributed by atoms with Crippen LogP contribution >= 0.6 is 0 Å². The fraction of sp³-hybridized carbons (Fsp3) is 0.429. The number of hydrogen-bond acceptors (Lipinski definition) is 0. The first-order chi connectivity index (χ1) is 3.72. The van der Waals surface area contributed by atoms with Crippen molar-refractivity contribution in [2.24, 2.45) is 0 Å². The Hall–Kier alpha value is -0.303. The largest absolute Gasteiger partial charge is 0.0850 e. The molecule has 0 spiro atoms. The van der Waals surface area contributed by atoms with Gasteiger partial charge >= 0.3 is 0 Å². The topological polar surface area (TPSA) is 0 Å². The molecule has 0 radical (unpaired) electrons. The molecule has 0 aromatic rings. The second-order valence-electron chi connectivity index (χ2n) is 2.50. The molecule has 0 N–H and O–H groups in total. The Bertz CT molecular complexity index is 158. The molecule has 0 atom stereocenters. The van der Waals surface area contributed by atoms with Crippen LogP contribution in [0.15, 0.2) is 22.4 Å². The average Bonchev–Trinajstić information content (AvgIpc) is 1.98. The first-order valence-electron chi connectivity index (χ1n) is 3.05. The lowest BCUT2D eigenvalue weighted by Gasteiger charge is -1.93. The SMILES string of the molecule is CC1=CCC([SiH3])=C1C. The monoisotopic (exact) mass is 124 g/mol. The third-order valence-electron chi connectivity index (χ3n) is 1.95. The zero-order valence-electron chi connectivity index (χ0n) is 5.78. The van der Waals surface area contributed by atoms with Gasteiger partial charge in [-0.3, -0.25) is 0 Å². The highest BCUT2D eigenvalue weighted by Gasteiger charge is 2.03. The van der Waals surface area contributed by atoms with Gasteiger partial charge in [0.2, 0.25) is 0 Å². The first kappa shape index (κ1) is 5.83. The lowest BCUT2D eigenvalue weighted by Crippen LogP contribution is -1.78. The van der Waals surface area contributed by atoms with Crippen LogP contribution in [-0.2, 0) is 0 Å². The lowest BCUT2D eigenvalue weighted by molar-refractivity contribution is 1.36. The van der Waals surface area contributed by atoms with Crippen molar-refractivity contribution in [2.75, 3.05) is 0 Å². The molecule has 0 amide bonds. The molecule has 1 heteroatoms. The predicted octanol–water partition coefficient (Wildman–Crippen LogP) is 0.976. The zero-order valence-corrected chi connectivity index (χ0v) is 7.78. The summed E-state index contributed by atoms with van der Waals surface area (Å²) in [6.07, 6.45) is 3.56. The van der Waals surface area contributed by atoms with Gasteiger partial charge in [0.15, 0.2) is 0 Å². The van der Waals surface area contributed by atoms with Crippen LogP contribution in [-0.4, -0.2) is 10.2 Å². The second kappa shape index (κ2) is 1.90. The van der Waals surface area contributed by atoms with Crippen molar-refractivity contribution < 1.29 is 0 Å². The molecule has 0 saturated carbocycles. The van der Waals surface area contributed by atoms with E-state index in [4.69, 9.17) is 0 Å². The van der Waals surface area contributed by atoms with Gasteiger partial charge in [0.25, 0.3) is 0 Å². The summed E-state index contributed by atoms with van der Waals surface area (Å²) in [6.45, 7) is 4.42. The van der Waals surface area contributed by atoms with E-state index >= 15 is 0 Å². The van der Waals surface area contributed by atoms with Crippen LogP contribution < -0.4 is 0 Å². The molecule has 8 heavy (non-hydrogen) atoms. The van der Waals surface area contributed by atoms with E-state index in [1.54, 1.807) is 10.8 Å². The average molecular weight is 124 g/mol. The van der Waals surface area contributed by atoms with E-state index in [2.05, 4.69) is 19.9 Å². The molecular formula is C7H12Si. The van der Waals surface area contributed by atoms with Crippen LogP contribution in [0.4, 0.5) is 0 Å². The maximum absolute atomic E-state index is 2.32. The Morgan fingerprint density at radius 1 is 1.50 bits per heavy atom. The quantitative estimate of drug-likeness (QED) is 0.422. The molecule has 1 rings (SSSR count). The van der Waals surface area contributed by atoms with Crippen molar-refractivity contribution in [3.05, 3.63) is 22.4 Å². The molecule has 44 valence electrons. The molecule has 0 saturated heterocycles. The summed E-state index contributed by atoms with van der Waals surface area (Å²) in [6, 6.07) is 0. The van der Waals surface area contributed by atoms with E-state index < -0.39 is 0 Å². The highest BCUT2D eigenvalue weighted by molar-refractivity contribution is 6.22. The van der Waals surface area contributed by atoms with E-state index in [0.717, 1.165) is 0 Å². The Labute approximate surface area is 53.7 Å². The van der Waals surface area contributed by atoms with Gasteiger partial charge < -0.3 is 0 Å². The fourth-order valence-corrected chi connectivity index (χ4v) is 1.55. The van der Waals surface area contributed by atoms with Gasteiger partial charge in [-0.1, -0.05) is 22.4 Å². The molecule has 0 fully saturated rings. The minimum absolute atomic E-state index is 1.24. The molecule has 1 aliphatic rings. The van der Waals surface area contributed by atoms with E-state index in [-0.39, 0.29) is 0 Å². The third-order valence-corrected chi connectivity index (χ3v) is 3.10. The van der Waals surface area contributed by atoms with E-state index in [9.17, 15) is 0 Å². The molecule has 0 bridgehead atoms. The Kier molecular flexibility index (Phi) is 1.38. The van der Waals surface area contributed by atoms with Gasteiger partial charge in [-0.2, -0.15) is 0 Å². The molecule has 0 aliphatic heterocycles. The standard InChI is InChI=1S/C7H12Si/c1-5-3-4-7(8)6(5)2/h3H,4H2,1-2,8H3. The number of rotatable bonds is 0. The highest BCUT2D eigenvalue weighted by atomic mass is 28.1. The van der Waals surface area contributed by atoms with Gasteiger partial charge in [0.05, 0.1) is 0 Å². The molecule has 0 nitrogen and oxygen atoms in total. The maximum Gasteiger partial charge on any atom is 0.0340 e. The van der Waals surface area contributed by atoms with Crippen molar-refractivity contribution >= 4 is 10.2 Å². The maximum atomic E-state index is 2.32. The molecule has 0 aromatic heterocycles. The molecule has 0 heterocycles. The highest BCUT2D eigenvalue weighted by Crippen LogP contribution is 2.22. The summed E-state index contributed by atoms with van der Waals surface area (Å²) >= 11 is 0. The Morgan fingerprint density at radius 3 is 2.25 bits per heavy atom. The van der Waals surface area contributed by atoms with Gasteiger partial charge in [-0.25, -0.2) is 0 Å². The molecular weight excluding hydrogens is 112 g/mol. The summed E-state index contributed by atoms with van der Waals surface area (Å²) in [5.74, 6) is 0. The second-order valence-corrected chi connectivity index (χ2v) is 3.70. The van der Waals surface area contributed by atoms with Gasteiger partial charge in [-0.05, 0) is 20.3 Å². The van der Waals surface area contributed by atoms with Gasteiger partial charge in [0.1, 0.15) is 0 Å². The number of allylic oxidation sites excluding steroid dienone is 4. The zero-order chi connectivity index (χ0) is 6.15. The van der Waals surface area contributed by atoms with Crippen LogP contribution in [0, 0.1) is 0 Å². The fourth-order valence-electron chi connectivity index (χ4n) is 0.949. The summed E-state index contributed by atoms with van der Waals surface area (Å²) in [5.41, 5.74) is 3.05. The van der Waals surface area contributed by atoms with Crippen molar-refractivity contribution in [2.45, 2.75) is 20.3 Å². The van der Waals surface area contributed by atoms with Gasteiger partial charge in [0, 0.05) is 10.2 Å². The van der Waals surface area contributed by atoms with Crippen LogP contribution in [0.2, 0.25) is 0 Å². The summed E-state index contributed by atoms with van der Waals surface area (Å²) in [7, 11) is 1.25. The van der Waals surface area contributed by atoms with Crippen molar-refractivity contribution in [1.29, 1.82) is 0 Å². The summed E-state index contributed by atoms with van der Waals surface area (Å²) < 4.78 is 0. The van der Waals surface area contributed by atoms with Crippen LogP contribution in [0.25, 0.3) is 0 Å². The van der Waals surface area contributed by atoms with Crippen molar-refractivity contribution in [3.63, 3.8) is 0 Å². The smallest absolute Gasteiger partial charge is 0.0340 e. The van der Waals surface area contributed by atoms with Crippen molar-refractivity contribution in [1.82, 2.24) is 0 Å². The summed E-state index contributed by atoms with van der Waals surface area (Å²) in [4.78, 5) is 0. The Balaban J connectivity index is 2.88. The van der Waals surface area contributed by atoms with Crippen LogP contribution in [0.3, 0.4) is 0 Å². The van der Waals surface area contributed by atoms with Crippen LogP contribution in [0.5, 0.6) is 0 Å². The minimum atomic E-state index is 1.24. The third kappa shape index (κ3) is 0.780. The normalized spacial score (nSPS) is 20.0. The predicted molar refractivity (Wildman–Crippen MR) is 41.0 cm³/mol. The minimum Gasteiger partial charge on any atom is -0.0850 e. The summed E-state index contributed by atoms with van der Waals surface area (Å²) in [5, 5.41) is 1.67. The van der Waals surface area contributed by atoms with Crippen LogP contribution in [0.1, 0.15) is 20.3 Å². The molecule has 0 unspecified atom stereocenters. The molecule has 1 aliphatic carbocycles. The lowest BCUT2D eigenvalue weighted by atomic mass is 10.2. The van der Waals surface area contributed by atoms with Crippen molar-refractivity contribution in [3.8, 4) is 0 Å². The number of hydrogen-bond donors (Lipinski definition) is 0. The molecule has 0 aromatic carbocycles. The van der Waals surface area contributed by atoms with E-state index in [1.807, 2.05) is 0 Å². The van der Waals surface area contributed by atoms with Gasteiger partial charge in [-0.15, -0.1) is 0 Å². The van der Waals surface area contributed by atoms with E-state index in [1.165, 1.54) is 22.2 Å².